The summed E-state index contributed by atoms with van der Waals surface area (Å²) in [5.41, 5.74) is 8.34. The summed E-state index contributed by atoms with van der Waals surface area (Å²) < 4.78 is 0. The van der Waals surface area contributed by atoms with Gasteiger partial charge in [0.2, 0.25) is 0 Å². The van der Waals surface area contributed by atoms with Crippen LogP contribution in [-0.4, -0.2) is 4.98 Å². The molecule has 0 bridgehead atoms. The average Bonchev–Trinajstić information content (AvgIpc) is 2.56. The Morgan fingerprint density at radius 1 is 0.762 bits per heavy atom. The van der Waals surface area contributed by atoms with Gasteiger partial charge >= 0.3 is 0 Å². The van der Waals surface area contributed by atoms with Crippen LogP contribution in [0.5, 0.6) is 0 Å². The molecular formula is C20H17N. The van der Waals surface area contributed by atoms with Gasteiger partial charge in [0.1, 0.15) is 0 Å². The van der Waals surface area contributed by atoms with Crippen LogP contribution in [0, 0.1) is 0 Å². The lowest BCUT2D eigenvalue weighted by atomic mass is 9.83. The predicted molar refractivity (Wildman–Crippen MR) is 86.3 cm³/mol. The van der Waals surface area contributed by atoms with Gasteiger partial charge in [-0.3, -0.25) is 4.98 Å². The quantitative estimate of drug-likeness (QED) is 0.671. The standard InChI is InChI=1S/C20H17N/c1-2-6-15(7-3-1)12-18-14-21-13-17-11-10-16-8-4-5-9-19(16)20(17)18/h1-9,13-14H,10-12H2. The van der Waals surface area contributed by atoms with Crippen LogP contribution in [0.2, 0.25) is 0 Å². The second kappa shape index (κ2) is 5.17. The summed E-state index contributed by atoms with van der Waals surface area (Å²) in [6.45, 7) is 0. The third-order valence-electron chi connectivity index (χ3n) is 4.29. The Morgan fingerprint density at radius 3 is 2.43 bits per heavy atom. The van der Waals surface area contributed by atoms with Gasteiger partial charge in [-0.15, -0.1) is 0 Å². The highest BCUT2D eigenvalue weighted by Crippen LogP contribution is 2.36. The average molecular weight is 271 g/mol. The summed E-state index contributed by atoms with van der Waals surface area (Å²) >= 11 is 0. The molecule has 1 nitrogen and oxygen atoms in total. The Morgan fingerprint density at radius 2 is 1.52 bits per heavy atom. The van der Waals surface area contributed by atoms with Gasteiger partial charge in [-0.05, 0) is 52.6 Å². The zero-order valence-electron chi connectivity index (χ0n) is 11.9. The van der Waals surface area contributed by atoms with Crippen LogP contribution in [0.4, 0.5) is 0 Å². The van der Waals surface area contributed by atoms with Gasteiger partial charge in [0.05, 0.1) is 0 Å². The molecule has 1 aliphatic carbocycles. The van der Waals surface area contributed by atoms with E-state index in [1.54, 1.807) is 0 Å². The number of aromatic nitrogens is 1. The molecule has 0 saturated carbocycles. The minimum absolute atomic E-state index is 0.950. The van der Waals surface area contributed by atoms with E-state index in [1.165, 1.54) is 33.4 Å². The van der Waals surface area contributed by atoms with Crippen LogP contribution < -0.4 is 0 Å². The van der Waals surface area contributed by atoms with Gasteiger partial charge in [0.15, 0.2) is 0 Å². The molecule has 0 N–H and O–H groups in total. The van der Waals surface area contributed by atoms with E-state index in [9.17, 15) is 0 Å². The van der Waals surface area contributed by atoms with Crippen LogP contribution >= 0.6 is 0 Å². The Bertz CT molecular complexity index is 775. The number of fused-ring (bicyclic) bond motifs is 3. The molecule has 1 heterocycles. The number of hydrogen-bond acceptors (Lipinski definition) is 1. The molecule has 0 radical (unpaired) electrons. The van der Waals surface area contributed by atoms with Crippen molar-refractivity contribution in [3.63, 3.8) is 0 Å². The number of hydrogen-bond donors (Lipinski definition) is 0. The fraction of sp³-hybridized carbons (Fsp3) is 0.150. The molecule has 21 heavy (non-hydrogen) atoms. The number of pyridine rings is 1. The molecule has 0 amide bonds. The molecule has 1 aromatic heterocycles. The van der Waals surface area contributed by atoms with E-state index >= 15 is 0 Å². The zero-order chi connectivity index (χ0) is 14.1. The first kappa shape index (κ1) is 12.3. The minimum atomic E-state index is 0.950. The highest BCUT2D eigenvalue weighted by molar-refractivity contribution is 5.75. The number of aryl methyl sites for hydroxylation is 2. The van der Waals surface area contributed by atoms with E-state index in [4.69, 9.17) is 0 Å². The smallest absolute Gasteiger partial charge is 0.0309 e. The van der Waals surface area contributed by atoms with Crippen molar-refractivity contribution in [1.29, 1.82) is 0 Å². The van der Waals surface area contributed by atoms with E-state index < -0.39 is 0 Å². The largest absolute Gasteiger partial charge is 0.264 e. The van der Waals surface area contributed by atoms with Gasteiger partial charge in [-0.25, -0.2) is 0 Å². The maximum atomic E-state index is 4.47. The van der Waals surface area contributed by atoms with E-state index in [1.807, 2.05) is 12.4 Å². The van der Waals surface area contributed by atoms with Crippen molar-refractivity contribution in [2.45, 2.75) is 19.3 Å². The fourth-order valence-corrected chi connectivity index (χ4v) is 3.29. The monoisotopic (exact) mass is 271 g/mol. The molecule has 3 aromatic rings. The summed E-state index contributed by atoms with van der Waals surface area (Å²) in [5.74, 6) is 0. The molecule has 1 heteroatoms. The maximum Gasteiger partial charge on any atom is 0.0309 e. The van der Waals surface area contributed by atoms with Gasteiger partial charge in [-0.1, -0.05) is 54.6 Å². The van der Waals surface area contributed by atoms with Crippen molar-refractivity contribution in [2.24, 2.45) is 0 Å². The normalized spacial score (nSPS) is 12.6. The van der Waals surface area contributed by atoms with E-state index in [0.717, 1.165) is 19.3 Å². The summed E-state index contributed by atoms with van der Waals surface area (Å²) in [6, 6.07) is 19.4. The van der Waals surface area contributed by atoms with Crippen molar-refractivity contribution >= 4 is 0 Å². The van der Waals surface area contributed by atoms with Crippen LogP contribution in [0.3, 0.4) is 0 Å². The highest BCUT2D eigenvalue weighted by atomic mass is 14.6. The van der Waals surface area contributed by atoms with Crippen molar-refractivity contribution in [3.05, 3.63) is 89.2 Å². The van der Waals surface area contributed by atoms with Crippen molar-refractivity contribution in [1.82, 2.24) is 4.98 Å². The van der Waals surface area contributed by atoms with E-state index in [2.05, 4.69) is 59.6 Å². The van der Waals surface area contributed by atoms with Crippen LogP contribution in [-0.2, 0) is 19.3 Å². The van der Waals surface area contributed by atoms with Crippen molar-refractivity contribution in [3.8, 4) is 11.1 Å². The van der Waals surface area contributed by atoms with Crippen LogP contribution in [0.1, 0.15) is 22.3 Å². The SMILES string of the molecule is c1ccc(Cc2cncc3c2-c2ccccc2CC3)cc1. The highest BCUT2D eigenvalue weighted by Gasteiger charge is 2.19. The molecule has 0 atom stereocenters. The molecule has 0 aliphatic heterocycles. The lowest BCUT2D eigenvalue weighted by Gasteiger charge is -2.22. The minimum Gasteiger partial charge on any atom is -0.264 e. The lowest BCUT2D eigenvalue weighted by molar-refractivity contribution is 0.922. The third kappa shape index (κ3) is 2.25. The first-order chi connectivity index (χ1) is 10.4. The third-order valence-corrected chi connectivity index (χ3v) is 4.29. The molecule has 4 rings (SSSR count). The molecular weight excluding hydrogens is 254 g/mol. The fourth-order valence-electron chi connectivity index (χ4n) is 3.29. The molecule has 0 unspecified atom stereocenters. The summed E-state index contributed by atoms with van der Waals surface area (Å²) in [5, 5.41) is 0. The molecule has 1 aliphatic rings. The van der Waals surface area contributed by atoms with Gasteiger partial charge in [-0.2, -0.15) is 0 Å². The van der Waals surface area contributed by atoms with Crippen LogP contribution in [0.15, 0.2) is 67.0 Å². The Labute approximate surface area is 125 Å². The summed E-state index contributed by atoms with van der Waals surface area (Å²) in [6.07, 6.45) is 7.25. The summed E-state index contributed by atoms with van der Waals surface area (Å²) in [7, 11) is 0. The van der Waals surface area contributed by atoms with Gasteiger partial charge < -0.3 is 0 Å². The lowest BCUT2D eigenvalue weighted by Crippen LogP contribution is -2.07. The number of rotatable bonds is 2. The second-order valence-electron chi connectivity index (χ2n) is 5.65. The van der Waals surface area contributed by atoms with Gasteiger partial charge in [0, 0.05) is 12.4 Å². The second-order valence-corrected chi connectivity index (χ2v) is 5.65. The topological polar surface area (TPSA) is 12.9 Å². The Balaban J connectivity index is 1.84. The predicted octanol–water partition coefficient (Wildman–Crippen LogP) is 4.44. The van der Waals surface area contributed by atoms with Crippen molar-refractivity contribution < 1.29 is 0 Å². The van der Waals surface area contributed by atoms with Gasteiger partial charge in [0.25, 0.3) is 0 Å². The first-order valence-electron chi connectivity index (χ1n) is 7.50. The Hall–Kier alpha value is -2.41. The van der Waals surface area contributed by atoms with E-state index in [0.29, 0.717) is 0 Å². The first-order valence-corrected chi connectivity index (χ1v) is 7.50. The van der Waals surface area contributed by atoms with Crippen molar-refractivity contribution in [2.75, 3.05) is 0 Å². The number of benzene rings is 2. The van der Waals surface area contributed by atoms with Crippen LogP contribution in [0.25, 0.3) is 11.1 Å². The maximum absolute atomic E-state index is 4.47. The zero-order valence-corrected chi connectivity index (χ0v) is 11.9. The van der Waals surface area contributed by atoms with E-state index in [-0.39, 0.29) is 0 Å². The Kier molecular flexibility index (Phi) is 3.04. The molecule has 0 fully saturated rings. The number of nitrogens with zero attached hydrogens (tertiary/aromatic N) is 1. The molecule has 102 valence electrons. The summed E-state index contributed by atoms with van der Waals surface area (Å²) in [4.78, 5) is 4.47. The molecule has 2 aromatic carbocycles. The molecule has 0 spiro atoms. The molecule has 0 saturated heterocycles.